The number of hydrogen-bond donors (Lipinski definition) is 1. The second-order valence-corrected chi connectivity index (χ2v) is 5.88. The number of benzene rings is 1. The minimum absolute atomic E-state index is 0.156. The van der Waals surface area contributed by atoms with Crippen LogP contribution in [0.3, 0.4) is 0 Å². The Labute approximate surface area is 128 Å². The summed E-state index contributed by atoms with van der Waals surface area (Å²) in [4.78, 5) is 16.5. The molecule has 0 aliphatic carbocycles. The van der Waals surface area contributed by atoms with Gasteiger partial charge in [-0.2, -0.15) is 0 Å². The molecule has 0 bridgehead atoms. The summed E-state index contributed by atoms with van der Waals surface area (Å²) < 4.78 is 5.36. The van der Waals surface area contributed by atoms with E-state index < -0.39 is 5.97 Å². The van der Waals surface area contributed by atoms with E-state index >= 15 is 0 Å². The smallest absolute Gasteiger partial charge is 0.303 e. The van der Waals surface area contributed by atoms with Gasteiger partial charge in [0.25, 0.3) is 0 Å². The second kappa shape index (κ2) is 7.22. The van der Waals surface area contributed by atoms with Crippen LogP contribution in [0.2, 0.25) is 0 Å². The van der Waals surface area contributed by atoms with E-state index in [0.717, 1.165) is 39.7 Å². The number of hydrogen-bond acceptors (Lipinski definition) is 4. The molecular formula is C16H19NO3S. The Morgan fingerprint density at radius 3 is 2.81 bits per heavy atom. The van der Waals surface area contributed by atoms with Crippen LogP contribution in [0, 0.1) is 0 Å². The molecule has 2 aromatic rings. The normalized spacial score (nSPS) is 10.6. The molecule has 1 aromatic carbocycles. The molecule has 0 spiro atoms. The van der Waals surface area contributed by atoms with E-state index in [1.807, 2.05) is 31.2 Å². The molecule has 0 aliphatic heterocycles. The predicted octanol–water partition coefficient (Wildman–Crippen LogP) is 3.32. The first-order chi connectivity index (χ1) is 10.1. The molecule has 5 heteroatoms. The fraction of sp³-hybridized carbons (Fsp3) is 0.375. The van der Waals surface area contributed by atoms with E-state index in [4.69, 9.17) is 9.84 Å². The summed E-state index contributed by atoms with van der Waals surface area (Å²) in [7, 11) is 1.66. The third-order valence-corrected chi connectivity index (χ3v) is 4.41. The van der Waals surface area contributed by atoms with Crippen molar-refractivity contribution in [3.05, 3.63) is 45.4 Å². The quantitative estimate of drug-likeness (QED) is 0.852. The fourth-order valence-electron chi connectivity index (χ4n) is 2.22. The van der Waals surface area contributed by atoms with Crippen molar-refractivity contribution in [3.63, 3.8) is 0 Å². The lowest BCUT2D eigenvalue weighted by Gasteiger charge is -2.05. The Kier molecular flexibility index (Phi) is 5.33. The molecule has 0 saturated carbocycles. The van der Waals surface area contributed by atoms with Crippen molar-refractivity contribution in [2.45, 2.75) is 32.6 Å². The highest BCUT2D eigenvalue weighted by Crippen LogP contribution is 2.26. The molecule has 1 N–H and O–H groups in total. The lowest BCUT2D eigenvalue weighted by molar-refractivity contribution is -0.136. The zero-order valence-corrected chi connectivity index (χ0v) is 13.1. The number of carboxylic acid groups (broad SMARTS) is 1. The molecular weight excluding hydrogens is 286 g/mol. The molecule has 4 nitrogen and oxygen atoms in total. The molecule has 2 rings (SSSR count). The van der Waals surface area contributed by atoms with Gasteiger partial charge in [0, 0.05) is 16.9 Å². The lowest BCUT2D eigenvalue weighted by Crippen LogP contribution is -1.98. The van der Waals surface area contributed by atoms with Crippen molar-refractivity contribution < 1.29 is 14.6 Å². The number of thiazole rings is 1. The maximum atomic E-state index is 10.7. The van der Waals surface area contributed by atoms with Crippen molar-refractivity contribution in [1.29, 1.82) is 0 Å². The third-order valence-electron chi connectivity index (χ3n) is 3.26. The number of methoxy groups -OCH3 is 1. The van der Waals surface area contributed by atoms with Gasteiger partial charge in [-0.1, -0.05) is 25.1 Å². The summed E-state index contributed by atoms with van der Waals surface area (Å²) in [5, 5.41) is 9.83. The highest BCUT2D eigenvalue weighted by Gasteiger charge is 2.13. The highest BCUT2D eigenvalue weighted by molar-refractivity contribution is 7.11. The average Bonchev–Trinajstić information content (AvgIpc) is 2.87. The second-order valence-electron chi connectivity index (χ2n) is 4.71. The Hall–Kier alpha value is -1.88. The van der Waals surface area contributed by atoms with Gasteiger partial charge in [0.1, 0.15) is 5.75 Å². The number of carbonyl (C=O) groups is 1. The molecule has 112 valence electrons. The van der Waals surface area contributed by atoms with Crippen LogP contribution in [-0.2, 0) is 24.1 Å². The number of aryl methyl sites for hydroxylation is 2. The number of ether oxygens (including phenoxy) is 1. The zero-order valence-electron chi connectivity index (χ0n) is 12.3. The van der Waals surface area contributed by atoms with Crippen molar-refractivity contribution in [2.75, 3.05) is 7.11 Å². The van der Waals surface area contributed by atoms with Gasteiger partial charge in [0.05, 0.1) is 24.2 Å². The average molecular weight is 305 g/mol. The first kappa shape index (κ1) is 15.5. The van der Waals surface area contributed by atoms with Crippen LogP contribution in [0.1, 0.15) is 34.5 Å². The van der Waals surface area contributed by atoms with Crippen molar-refractivity contribution >= 4 is 17.3 Å². The molecule has 1 heterocycles. The van der Waals surface area contributed by atoms with Crippen LogP contribution < -0.4 is 4.74 Å². The van der Waals surface area contributed by atoms with Gasteiger partial charge in [-0.15, -0.1) is 11.3 Å². The minimum Gasteiger partial charge on any atom is -0.496 e. The largest absolute Gasteiger partial charge is 0.496 e. The van der Waals surface area contributed by atoms with Crippen LogP contribution in [-0.4, -0.2) is 23.2 Å². The highest BCUT2D eigenvalue weighted by atomic mass is 32.1. The van der Waals surface area contributed by atoms with E-state index in [2.05, 4.69) is 4.98 Å². The molecule has 0 unspecified atom stereocenters. The van der Waals surface area contributed by atoms with Gasteiger partial charge in [-0.25, -0.2) is 4.98 Å². The maximum absolute atomic E-state index is 10.7. The van der Waals surface area contributed by atoms with Crippen LogP contribution in [0.25, 0.3) is 0 Å². The molecule has 0 aliphatic rings. The molecule has 21 heavy (non-hydrogen) atoms. The summed E-state index contributed by atoms with van der Waals surface area (Å²) >= 11 is 1.61. The molecule has 0 radical (unpaired) electrons. The molecule has 1 aromatic heterocycles. The van der Waals surface area contributed by atoms with Crippen molar-refractivity contribution in [1.82, 2.24) is 4.98 Å². The van der Waals surface area contributed by atoms with Crippen molar-refractivity contribution in [2.24, 2.45) is 0 Å². The first-order valence-electron chi connectivity index (χ1n) is 6.95. The summed E-state index contributed by atoms with van der Waals surface area (Å²) in [5.41, 5.74) is 2.12. The van der Waals surface area contributed by atoms with E-state index in [-0.39, 0.29) is 6.42 Å². The standard InChI is InChI=1S/C16H19NO3S/c1-3-12-14(8-9-16(18)19)21-15(17-12)10-11-6-4-5-7-13(11)20-2/h4-7H,3,8-10H2,1-2H3,(H,18,19). The Morgan fingerprint density at radius 2 is 2.14 bits per heavy atom. The summed E-state index contributed by atoms with van der Waals surface area (Å²) in [5.74, 6) is 0.0922. The SMILES string of the molecule is CCc1nc(Cc2ccccc2OC)sc1CCC(=O)O. The third kappa shape index (κ3) is 4.04. The number of aromatic nitrogens is 1. The monoisotopic (exact) mass is 305 g/mol. The van der Waals surface area contributed by atoms with Gasteiger partial charge in [0.2, 0.25) is 0 Å². The number of aliphatic carboxylic acids is 1. The number of nitrogens with zero attached hydrogens (tertiary/aromatic N) is 1. The molecule has 0 amide bonds. The minimum atomic E-state index is -0.767. The van der Waals surface area contributed by atoms with Crippen LogP contribution in [0.15, 0.2) is 24.3 Å². The number of para-hydroxylation sites is 1. The Morgan fingerprint density at radius 1 is 1.38 bits per heavy atom. The van der Waals surface area contributed by atoms with Gasteiger partial charge >= 0.3 is 5.97 Å². The Bertz CT molecular complexity index is 622. The predicted molar refractivity (Wildman–Crippen MR) is 83.2 cm³/mol. The maximum Gasteiger partial charge on any atom is 0.303 e. The van der Waals surface area contributed by atoms with E-state index in [1.165, 1.54) is 0 Å². The lowest BCUT2D eigenvalue weighted by atomic mass is 10.1. The molecule has 0 fully saturated rings. The van der Waals surface area contributed by atoms with Crippen LogP contribution in [0.5, 0.6) is 5.75 Å². The fourth-order valence-corrected chi connectivity index (χ4v) is 3.40. The van der Waals surface area contributed by atoms with E-state index in [0.29, 0.717) is 6.42 Å². The topological polar surface area (TPSA) is 59.4 Å². The summed E-state index contributed by atoms with van der Waals surface area (Å²) in [6.07, 6.45) is 2.26. The summed E-state index contributed by atoms with van der Waals surface area (Å²) in [6, 6.07) is 7.90. The Balaban J connectivity index is 2.18. The van der Waals surface area contributed by atoms with Crippen LogP contribution >= 0.6 is 11.3 Å². The van der Waals surface area contributed by atoms with E-state index in [1.54, 1.807) is 18.4 Å². The first-order valence-corrected chi connectivity index (χ1v) is 7.76. The van der Waals surface area contributed by atoms with E-state index in [9.17, 15) is 4.79 Å². The van der Waals surface area contributed by atoms with Gasteiger partial charge in [-0.05, 0) is 18.9 Å². The molecule has 0 atom stereocenters. The van der Waals surface area contributed by atoms with Gasteiger partial charge in [0.15, 0.2) is 0 Å². The molecule has 0 saturated heterocycles. The van der Waals surface area contributed by atoms with Gasteiger partial charge < -0.3 is 9.84 Å². The van der Waals surface area contributed by atoms with Gasteiger partial charge in [-0.3, -0.25) is 4.79 Å². The zero-order chi connectivity index (χ0) is 15.2. The number of carboxylic acids is 1. The summed E-state index contributed by atoms with van der Waals surface area (Å²) in [6.45, 7) is 2.05. The van der Waals surface area contributed by atoms with Crippen LogP contribution in [0.4, 0.5) is 0 Å². The number of rotatable bonds is 7. The van der Waals surface area contributed by atoms with Crippen molar-refractivity contribution in [3.8, 4) is 5.75 Å².